The monoisotopic (exact) mass is 340 g/mol. The molecule has 0 saturated heterocycles. The summed E-state index contributed by atoms with van der Waals surface area (Å²) in [5.74, 6) is 1.81. The minimum atomic E-state index is -0.196. The Balaban J connectivity index is 1.94. The van der Waals surface area contributed by atoms with E-state index in [1.54, 1.807) is 18.3 Å². The van der Waals surface area contributed by atoms with Gasteiger partial charge in [-0.3, -0.25) is 4.79 Å². The second-order valence-corrected chi connectivity index (χ2v) is 5.53. The summed E-state index contributed by atoms with van der Waals surface area (Å²) in [6.07, 6.45) is 9.76. The lowest BCUT2D eigenvalue weighted by Crippen LogP contribution is -2.04. The van der Waals surface area contributed by atoms with Gasteiger partial charge in [0.05, 0.1) is 27.5 Å². The van der Waals surface area contributed by atoms with Gasteiger partial charge in [-0.25, -0.2) is 4.98 Å². The number of benzene rings is 1. The fourth-order valence-corrected chi connectivity index (χ4v) is 2.74. The maximum atomic E-state index is 12.8. The Hall–Kier alpha value is -3.02. The summed E-state index contributed by atoms with van der Waals surface area (Å²) in [5.41, 5.74) is 1.83. The number of hydrogen-bond acceptors (Lipinski definition) is 5. The van der Waals surface area contributed by atoms with Crippen LogP contribution < -0.4 is 14.2 Å². The standard InChI is InChI=1S/C19H20N2O4/c1-23-15-9-13(10-16(24-2)18(15)25-3)17(22)14-11-20-19(21-14)12-7-5-4-6-8-12/h5,7-11H,4,6H2,1-3H3,(H,20,21). The maximum absolute atomic E-state index is 12.8. The Labute approximate surface area is 146 Å². The number of imidazole rings is 1. The lowest BCUT2D eigenvalue weighted by molar-refractivity contribution is 0.103. The lowest BCUT2D eigenvalue weighted by atomic mass is 10.1. The highest BCUT2D eigenvalue weighted by atomic mass is 16.5. The summed E-state index contributed by atoms with van der Waals surface area (Å²) in [7, 11) is 4.55. The van der Waals surface area contributed by atoms with E-state index in [0.717, 1.165) is 18.4 Å². The zero-order chi connectivity index (χ0) is 17.8. The number of aromatic nitrogens is 2. The van der Waals surface area contributed by atoms with Crippen molar-refractivity contribution in [2.24, 2.45) is 0 Å². The second-order valence-electron chi connectivity index (χ2n) is 5.53. The lowest BCUT2D eigenvalue weighted by Gasteiger charge is -2.13. The molecule has 0 atom stereocenters. The van der Waals surface area contributed by atoms with Crippen LogP contribution in [0.5, 0.6) is 17.2 Å². The van der Waals surface area contributed by atoms with Gasteiger partial charge in [-0.2, -0.15) is 0 Å². The van der Waals surface area contributed by atoms with Gasteiger partial charge < -0.3 is 19.2 Å². The van der Waals surface area contributed by atoms with Crippen LogP contribution in [-0.2, 0) is 0 Å². The van der Waals surface area contributed by atoms with Crippen LogP contribution in [0, 0.1) is 0 Å². The number of methoxy groups -OCH3 is 3. The molecule has 2 aromatic rings. The number of hydrogen-bond donors (Lipinski definition) is 1. The molecule has 0 spiro atoms. The number of H-pyrrole nitrogens is 1. The second kappa shape index (κ2) is 7.25. The fraction of sp³-hybridized carbons (Fsp3) is 0.263. The third-order valence-electron chi connectivity index (χ3n) is 4.02. The molecule has 3 rings (SSSR count). The van der Waals surface area contributed by atoms with Crippen molar-refractivity contribution >= 4 is 11.4 Å². The van der Waals surface area contributed by atoms with Gasteiger partial charge in [0, 0.05) is 11.1 Å². The molecule has 0 saturated carbocycles. The predicted molar refractivity (Wildman–Crippen MR) is 94.5 cm³/mol. The molecular formula is C19H20N2O4. The van der Waals surface area contributed by atoms with Crippen LogP contribution in [0.1, 0.15) is 34.7 Å². The molecule has 25 heavy (non-hydrogen) atoms. The Morgan fingerprint density at radius 3 is 2.36 bits per heavy atom. The van der Waals surface area contributed by atoms with E-state index in [-0.39, 0.29) is 5.78 Å². The first-order chi connectivity index (χ1) is 12.2. The molecule has 0 fully saturated rings. The van der Waals surface area contributed by atoms with E-state index in [1.165, 1.54) is 21.3 Å². The van der Waals surface area contributed by atoms with Gasteiger partial charge in [-0.15, -0.1) is 0 Å². The summed E-state index contributed by atoms with van der Waals surface area (Å²) < 4.78 is 15.9. The molecule has 1 aliphatic rings. The Morgan fingerprint density at radius 2 is 1.80 bits per heavy atom. The summed E-state index contributed by atoms with van der Waals surface area (Å²) in [6, 6.07) is 3.26. The highest BCUT2D eigenvalue weighted by molar-refractivity contribution is 6.08. The van der Waals surface area contributed by atoms with E-state index in [1.807, 2.05) is 6.08 Å². The Kier molecular flexibility index (Phi) is 4.88. The van der Waals surface area contributed by atoms with Crippen molar-refractivity contribution in [1.82, 2.24) is 9.97 Å². The number of nitrogens with one attached hydrogen (secondary N) is 1. The van der Waals surface area contributed by atoms with E-state index in [4.69, 9.17) is 14.2 Å². The van der Waals surface area contributed by atoms with Crippen molar-refractivity contribution in [3.63, 3.8) is 0 Å². The average molecular weight is 340 g/mol. The zero-order valence-corrected chi connectivity index (χ0v) is 14.5. The minimum absolute atomic E-state index is 0.196. The molecule has 6 nitrogen and oxygen atoms in total. The van der Waals surface area contributed by atoms with Crippen LogP contribution in [-0.4, -0.2) is 37.1 Å². The van der Waals surface area contributed by atoms with Crippen molar-refractivity contribution in [2.45, 2.75) is 12.8 Å². The molecule has 0 radical (unpaired) electrons. The molecule has 1 heterocycles. The highest BCUT2D eigenvalue weighted by Crippen LogP contribution is 2.38. The molecule has 6 heteroatoms. The topological polar surface area (TPSA) is 73.4 Å². The van der Waals surface area contributed by atoms with Gasteiger partial charge in [0.15, 0.2) is 11.5 Å². The van der Waals surface area contributed by atoms with Gasteiger partial charge >= 0.3 is 0 Å². The van der Waals surface area contributed by atoms with Crippen LogP contribution in [0.15, 0.2) is 36.6 Å². The Morgan fingerprint density at radius 1 is 1.08 bits per heavy atom. The number of nitrogens with zero attached hydrogens (tertiary/aromatic N) is 1. The summed E-state index contributed by atoms with van der Waals surface area (Å²) in [5, 5.41) is 0. The largest absolute Gasteiger partial charge is 0.493 e. The number of rotatable bonds is 6. The molecule has 0 aliphatic heterocycles. The van der Waals surface area contributed by atoms with E-state index in [9.17, 15) is 4.79 Å². The number of carbonyl (C=O) groups excluding carboxylic acids is 1. The van der Waals surface area contributed by atoms with Crippen LogP contribution in [0.3, 0.4) is 0 Å². The first-order valence-corrected chi connectivity index (χ1v) is 7.94. The summed E-state index contributed by atoms with van der Waals surface area (Å²) >= 11 is 0. The molecular weight excluding hydrogens is 320 g/mol. The van der Waals surface area contributed by atoms with Crippen LogP contribution in [0.2, 0.25) is 0 Å². The third-order valence-corrected chi connectivity index (χ3v) is 4.02. The molecule has 1 aromatic carbocycles. The molecule has 0 unspecified atom stereocenters. The van der Waals surface area contributed by atoms with Crippen LogP contribution >= 0.6 is 0 Å². The molecule has 0 amide bonds. The third kappa shape index (κ3) is 3.28. The molecule has 130 valence electrons. The van der Waals surface area contributed by atoms with Crippen molar-refractivity contribution in [2.75, 3.05) is 21.3 Å². The normalized spacial score (nSPS) is 13.3. The highest BCUT2D eigenvalue weighted by Gasteiger charge is 2.20. The van der Waals surface area contributed by atoms with Gasteiger partial charge in [0.25, 0.3) is 0 Å². The van der Waals surface area contributed by atoms with Gasteiger partial charge in [-0.1, -0.05) is 18.2 Å². The molecule has 1 aromatic heterocycles. The fourth-order valence-electron chi connectivity index (χ4n) is 2.74. The summed E-state index contributed by atoms with van der Waals surface area (Å²) in [4.78, 5) is 20.2. The smallest absolute Gasteiger partial charge is 0.211 e. The van der Waals surface area contributed by atoms with E-state index >= 15 is 0 Å². The predicted octanol–water partition coefficient (Wildman–Crippen LogP) is 3.40. The van der Waals surface area contributed by atoms with E-state index < -0.39 is 0 Å². The first kappa shape index (κ1) is 16.8. The number of ether oxygens (including phenoxy) is 3. The number of allylic oxidation sites excluding steroid dienone is 4. The minimum Gasteiger partial charge on any atom is -0.493 e. The quantitative estimate of drug-likeness (QED) is 0.816. The first-order valence-electron chi connectivity index (χ1n) is 7.94. The Bertz CT molecular complexity index is 824. The number of aromatic amines is 1. The zero-order valence-electron chi connectivity index (χ0n) is 14.5. The van der Waals surface area contributed by atoms with Gasteiger partial charge in [0.1, 0.15) is 11.5 Å². The van der Waals surface area contributed by atoms with Crippen molar-refractivity contribution in [1.29, 1.82) is 0 Å². The van der Waals surface area contributed by atoms with Crippen molar-refractivity contribution < 1.29 is 19.0 Å². The SMILES string of the molecule is COc1cc(C(=O)c2cnc(C3=CCCC=C3)[nH]2)cc(OC)c1OC. The van der Waals surface area contributed by atoms with E-state index in [0.29, 0.717) is 34.3 Å². The maximum Gasteiger partial charge on any atom is 0.211 e. The summed E-state index contributed by atoms with van der Waals surface area (Å²) in [6.45, 7) is 0. The molecule has 0 bridgehead atoms. The van der Waals surface area contributed by atoms with Crippen molar-refractivity contribution in [3.8, 4) is 17.2 Å². The molecule has 1 aliphatic carbocycles. The van der Waals surface area contributed by atoms with Crippen molar-refractivity contribution in [3.05, 3.63) is 53.6 Å². The van der Waals surface area contributed by atoms with Gasteiger partial charge in [-0.05, 0) is 25.0 Å². The van der Waals surface area contributed by atoms with Gasteiger partial charge in [0.2, 0.25) is 11.5 Å². The number of ketones is 1. The average Bonchev–Trinajstić information content (AvgIpc) is 3.17. The number of carbonyl (C=O) groups is 1. The van der Waals surface area contributed by atoms with Crippen LogP contribution in [0.25, 0.3) is 5.57 Å². The van der Waals surface area contributed by atoms with E-state index in [2.05, 4.69) is 22.1 Å². The van der Waals surface area contributed by atoms with Crippen LogP contribution in [0.4, 0.5) is 0 Å². The molecule has 1 N–H and O–H groups in total.